The zero-order valence-corrected chi connectivity index (χ0v) is 16.5. The Balaban J connectivity index is 1.70. The van der Waals surface area contributed by atoms with Crippen LogP contribution in [0.4, 0.5) is 5.69 Å². The van der Waals surface area contributed by atoms with Gasteiger partial charge in [-0.2, -0.15) is 0 Å². The van der Waals surface area contributed by atoms with Crippen LogP contribution in [0.15, 0.2) is 77.3 Å². The summed E-state index contributed by atoms with van der Waals surface area (Å²) in [7, 11) is 0. The molecule has 27 heavy (non-hydrogen) atoms. The molecule has 0 atom stereocenters. The molecule has 4 rings (SSSR count). The lowest BCUT2D eigenvalue weighted by molar-refractivity contribution is -0.116. The van der Waals surface area contributed by atoms with Crippen molar-refractivity contribution in [2.75, 3.05) is 5.32 Å². The number of para-hydroxylation sites is 2. The smallest absolute Gasteiger partial charge is 0.244 e. The maximum atomic E-state index is 12.7. The molecule has 0 saturated carbocycles. The highest BCUT2D eigenvalue weighted by atomic mass is 79.9. The molecule has 0 radical (unpaired) electrons. The van der Waals surface area contributed by atoms with Crippen LogP contribution in [0.5, 0.6) is 0 Å². The van der Waals surface area contributed by atoms with Crippen molar-refractivity contribution in [3.8, 4) is 11.4 Å². The Labute approximate surface area is 169 Å². The largest absolute Gasteiger partial charge is 0.325 e. The second-order valence-electron chi connectivity index (χ2n) is 6.08. The fraction of sp³-hybridized carbons (Fsp3) is 0.0476. The first-order chi connectivity index (χ1) is 13.1. The summed E-state index contributed by atoms with van der Waals surface area (Å²) in [6.07, 6.45) is 0. The lowest BCUT2D eigenvalue weighted by Crippen LogP contribution is -2.19. The van der Waals surface area contributed by atoms with E-state index in [0.717, 1.165) is 26.9 Å². The van der Waals surface area contributed by atoms with Crippen molar-refractivity contribution in [3.63, 3.8) is 0 Å². The Morgan fingerprint density at radius 3 is 2.59 bits per heavy atom. The molecule has 0 fully saturated rings. The van der Waals surface area contributed by atoms with Gasteiger partial charge in [0.25, 0.3) is 0 Å². The van der Waals surface area contributed by atoms with Gasteiger partial charge in [0.05, 0.1) is 11.0 Å². The van der Waals surface area contributed by atoms with E-state index >= 15 is 0 Å². The van der Waals surface area contributed by atoms with Gasteiger partial charge in [-0.15, -0.1) is 0 Å². The highest BCUT2D eigenvalue weighted by molar-refractivity contribution is 9.10. The summed E-state index contributed by atoms with van der Waals surface area (Å²) in [6.45, 7) is 0.158. The number of carbonyl (C=O) groups excluding carboxylic acids is 1. The minimum atomic E-state index is -0.128. The van der Waals surface area contributed by atoms with Crippen molar-refractivity contribution in [2.24, 2.45) is 0 Å². The number of nitrogens with zero attached hydrogens (tertiary/aromatic N) is 2. The third-order valence-corrected chi connectivity index (χ3v) is 4.91. The molecule has 4 nitrogen and oxygen atoms in total. The molecule has 3 aromatic carbocycles. The number of fused-ring (bicyclic) bond motifs is 1. The monoisotopic (exact) mass is 439 g/mol. The topological polar surface area (TPSA) is 46.9 Å². The quantitative estimate of drug-likeness (QED) is 0.439. The molecular weight excluding hydrogens is 426 g/mol. The Kier molecular flexibility index (Phi) is 4.97. The fourth-order valence-electron chi connectivity index (χ4n) is 2.96. The van der Waals surface area contributed by atoms with Gasteiger partial charge in [-0.1, -0.05) is 51.8 Å². The van der Waals surface area contributed by atoms with E-state index in [4.69, 9.17) is 16.6 Å². The van der Waals surface area contributed by atoms with E-state index in [2.05, 4.69) is 21.2 Å². The van der Waals surface area contributed by atoms with Gasteiger partial charge in [-0.05, 0) is 48.5 Å². The van der Waals surface area contributed by atoms with Gasteiger partial charge in [0.1, 0.15) is 12.4 Å². The Bertz CT molecular complexity index is 1120. The number of benzene rings is 3. The number of aromatic nitrogens is 2. The van der Waals surface area contributed by atoms with Gasteiger partial charge in [0.2, 0.25) is 5.91 Å². The molecule has 0 saturated heterocycles. The zero-order chi connectivity index (χ0) is 18.8. The minimum Gasteiger partial charge on any atom is -0.325 e. The summed E-state index contributed by atoms with van der Waals surface area (Å²) >= 11 is 9.40. The van der Waals surface area contributed by atoms with Crippen molar-refractivity contribution in [3.05, 3.63) is 82.3 Å². The number of carbonyl (C=O) groups is 1. The van der Waals surface area contributed by atoms with Gasteiger partial charge in [0, 0.05) is 20.7 Å². The number of hydrogen-bond acceptors (Lipinski definition) is 2. The molecule has 0 spiro atoms. The first kappa shape index (κ1) is 17.8. The van der Waals surface area contributed by atoms with Crippen LogP contribution in [0.2, 0.25) is 5.02 Å². The second kappa shape index (κ2) is 7.55. The number of rotatable bonds is 4. The van der Waals surface area contributed by atoms with Gasteiger partial charge in [0.15, 0.2) is 0 Å². The number of hydrogen-bond donors (Lipinski definition) is 1. The molecule has 6 heteroatoms. The van der Waals surface area contributed by atoms with Gasteiger partial charge >= 0.3 is 0 Å². The average Bonchev–Trinajstić information content (AvgIpc) is 3.02. The summed E-state index contributed by atoms with van der Waals surface area (Å²) in [5, 5.41) is 3.54. The van der Waals surface area contributed by atoms with Crippen LogP contribution < -0.4 is 5.32 Å². The van der Waals surface area contributed by atoms with Crippen LogP contribution >= 0.6 is 27.5 Å². The predicted octanol–water partition coefficient (Wildman–Crippen LogP) is 5.76. The molecular formula is C21H15BrClN3O. The Morgan fingerprint density at radius 2 is 1.81 bits per heavy atom. The molecule has 134 valence electrons. The third-order valence-electron chi connectivity index (χ3n) is 4.17. The minimum absolute atomic E-state index is 0.128. The molecule has 0 aliphatic carbocycles. The highest BCUT2D eigenvalue weighted by Crippen LogP contribution is 2.27. The average molecular weight is 441 g/mol. The number of nitrogens with one attached hydrogen (secondary N) is 1. The van der Waals surface area contributed by atoms with Crippen LogP contribution in [0, 0.1) is 0 Å². The van der Waals surface area contributed by atoms with E-state index in [1.54, 1.807) is 24.3 Å². The lowest BCUT2D eigenvalue weighted by Gasteiger charge is -2.10. The normalized spacial score (nSPS) is 10.9. The molecule has 0 bridgehead atoms. The maximum Gasteiger partial charge on any atom is 0.244 e. The Morgan fingerprint density at radius 1 is 1.04 bits per heavy atom. The SMILES string of the molecule is O=C(Cn1c(-c2cccc(Br)c2)nc2ccccc21)Nc1ccc(Cl)cc1. The van der Waals surface area contributed by atoms with Crippen LogP contribution in [0.1, 0.15) is 0 Å². The van der Waals surface area contributed by atoms with Crippen molar-refractivity contribution in [2.45, 2.75) is 6.54 Å². The van der Waals surface area contributed by atoms with E-state index in [9.17, 15) is 4.79 Å². The summed E-state index contributed by atoms with van der Waals surface area (Å²) in [5.41, 5.74) is 3.42. The van der Waals surface area contributed by atoms with Crippen LogP contribution in [0.25, 0.3) is 22.4 Å². The van der Waals surface area contributed by atoms with E-state index < -0.39 is 0 Å². The van der Waals surface area contributed by atoms with Gasteiger partial charge in [-0.25, -0.2) is 4.98 Å². The van der Waals surface area contributed by atoms with Crippen molar-refractivity contribution >= 4 is 50.2 Å². The standard InChI is InChI=1S/C21H15BrClN3O/c22-15-5-3-4-14(12-15)21-25-18-6-1-2-7-19(18)26(21)13-20(27)24-17-10-8-16(23)9-11-17/h1-12H,13H2,(H,24,27). The zero-order valence-electron chi connectivity index (χ0n) is 14.2. The van der Waals surface area contributed by atoms with Crippen LogP contribution in [-0.2, 0) is 11.3 Å². The summed E-state index contributed by atoms with van der Waals surface area (Å²) in [4.78, 5) is 17.4. The van der Waals surface area contributed by atoms with Crippen LogP contribution in [0.3, 0.4) is 0 Å². The predicted molar refractivity (Wildman–Crippen MR) is 113 cm³/mol. The number of halogens is 2. The molecule has 1 heterocycles. The highest BCUT2D eigenvalue weighted by Gasteiger charge is 2.15. The molecule has 1 aromatic heterocycles. The molecule has 4 aromatic rings. The van der Waals surface area contributed by atoms with E-state index in [1.807, 2.05) is 53.1 Å². The van der Waals surface area contributed by atoms with Crippen molar-refractivity contribution in [1.82, 2.24) is 9.55 Å². The fourth-order valence-corrected chi connectivity index (χ4v) is 3.49. The number of anilines is 1. The van der Waals surface area contributed by atoms with Gasteiger partial charge < -0.3 is 9.88 Å². The van der Waals surface area contributed by atoms with Crippen molar-refractivity contribution in [1.29, 1.82) is 0 Å². The Hall–Kier alpha value is -2.63. The maximum absolute atomic E-state index is 12.7. The van der Waals surface area contributed by atoms with E-state index in [0.29, 0.717) is 10.7 Å². The third kappa shape index (κ3) is 3.89. The van der Waals surface area contributed by atoms with E-state index in [-0.39, 0.29) is 12.5 Å². The lowest BCUT2D eigenvalue weighted by atomic mass is 10.2. The molecule has 0 unspecified atom stereocenters. The first-order valence-electron chi connectivity index (χ1n) is 8.37. The second-order valence-corrected chi connectivity index (χ2v) is 7.43. The van der Waals surface area contributed by atoms with Crippen LogP contribution in [-0.4, -0.2) is 15.5 Å². The number of imidazole rings is 1. The molecule has 1 amide bonds. The summed E-state index contributed by atoms with van der Waals surface area (Å²) in [6, 6.07) is 22.8. The van der Waals surface area contributed by atoms with Crippen molar-refractivity contribution < 1.29 is 4.79 Å². The molecule has 1 N–H and O–H groups in total. The summed E-state index contributed by atoms with van der Waals surface area (Å²) < 4.78 is 2.90. The van der Waals surface area contributed by atoms with E-state index in [1.165, 1.54) is 0 Å². The number of amides is 1. The van der Waals surface area contributed by atoms with Gasteiger partial charge in [-0.3, -0.25) is 4.79 Å². The summed E-state index contributed by atoms with van der Waals surface area (Å²) in [5.74, 6) is 0.625. The molecule has 0 aliphatic heterocycles. The first-order valence-corrected chi connectivity index (χ1v) is 9.54. The molecule has 0 aliphatic rings.